The summed E-state index contributed by atoms with van der Waals surface area (Å²) in [6.45, 7) is 4.63. The lowest BCUT2D eigenvalue weighted by molar-refractivity contribution is 0.791. The molecule has 0 rings (SSSR count). The van der Waals surface area contributed by atoms with Crippen molar-refractivity contribution in [2.75, 3.05) is 6.54 Å². The Kier molecular flexibility index (Phi) is 3.13. The molecule has 0 spiro atoms. The first-order chi connectivity index (χ1) is 3.18. The molecule has 0 bridgehead atoms. The van der Waals surface area contributed by atoms with Gasteiger partial charge in [0.25, 0.3) is 0 Å². The second-order valence-electron chi connectivity index (χ2n) is 1.75. The molecular formula is C5H11NS. The van der Waals surface area contributed by atoms with Crippen LogP contribution in [0.2, 0.25) is 0 Å². The third-order valence-electron chi connectivity index (χ3n) is 1.05. The molecule has 0 saturated heterocycles. The highest BCUT2D eigenvalue weighted by molar-refractivity contribution is 7.80. The van der Waals surface area contributed by atoms with Gasteiger partial charge in [0, 0.05) is 0 Å². The third kappa shape index (κ3) is 2.71. The van der Waals surface area contributed by atoms with Gasteiger partial charge in [0.1, 0.15) is 0 Å². The maximum Gasteiger partial charge on any atom is -0.000602 e. The summed E-state index contributed by atoms with van der Waals surface area (Å²) in [5.74, 6) is 0.412. The second-order valence-corrected chi connectivity index (χ2v) is 2.39. The van der Waals surface area contributed by atoms with Gasteiger partial charge in [-0.3, -0.25) is 0 Å². The van der Waals surface area contributed by atoms with Gasteiger partial charge in [-0.1, -0.05) is 19.1 Å². The van der Waals surface area contributed by atoms with E-state index >= 15 is 0 Å². The van der Waals surface area contributed by atoms with E-state index in [0.717, 1.165) is 4.86 Å². The Morgan fingerprint density at radius 1 is 1.86 bits per heavy atom. The van der Waals surface area contributed by atoms with E-state index in [4.69, 9.17) is 18.0 Å². The smallest absolute Gasteiger partial charge is 0.000602 e. The van der Waals surface area contributed by atoms with E-state index in [9.17, 15) is 0 Å². The highest BCUT2D eigenvalue weighted by Crippen LogP contribution is 1.93. The van der Waals surface area contributed by atoms with Gasteiger partial charge in [0.05, 0.1) is 0 Å². The molecule has 0 radical (unpaired) electrons. The molecule has 0 aliphatic rings. The average Bonchev–Trinajstić information content (AvgIpc) is 1.65. The first kappa shape index (κ1) is 7.05. The van der Waals surface area contributed by atoms with Crippen molar-refractivity contribution >= 4 is 17.1 Å². The number of nitrogens with two attached hydrogens (primary N) is 1. The fourth-order valence-electron chi connectivity index (χ4n) is 0.166. The van der Waals surface area contributed by atoms with E-state index in [1.54, 1.807) is 0 Å². The van der Waals surface area contributed by atoms with Crippen LogP contribution in [0.5, 0.6) is 0 Å². The number of thiocarbonyl (C=S) groups is 1. The van der Waals surface area contributed by atoms with Crippen molar-refractivity contribution in [1.82, 2.24) is 0 Å². The van der Waals surface area contributed by atoms with Crippen LogP contribution in [0.15, 0.2) is 0 Å². The van der Waals surface area contributed by atoms with Crippen LogP contribution in [0.3, 0.4) is 0 Å². The number of hydrogen-bond acceptors (Lipinski definition) is 2. The lowest BCUT2D eigenvalue weighted by Crippen LogP contribution is -2.16. The molecule has 2 N–H and O–H groups in total. The van der Waals surface area contributed by atoms with Crippen molar-refractivity contribution in [3.8, 4) is 0 Å². The van der Waals surface area contributed by atoms with Gasteiger partial charge in [-0.25, -0.2) is 0 Å². The van der Waals surface area contributed by atoms with Gasteiger partial charge in [-0.15, -0.1) is 0 Å². The maximum absolute atomic E-state index is 5.29. The maximum atomic E-state index is 5.29. The van der Waals surface area contributed by atoms with Crippen molar-refractivity contribution in [3.63, 3.8) is 0 Å². The molecule has 0 aromatic heterocycles. The summed E-state index contributed by atoms with van der Waals surface area (Å²) in [6.07, 6.45) is 0. The summed E-state index contributed by atoms with van der Waals surface area (Å²) in [6, 6.07) is 0. The zero-order chi connectivity index (χ0) is 5.86. The Bertz CT molecular complexity index is 70.5. The van der Waals surface area contributed by atoms with Crippen molar-refractivity contribution in [2.24, 2.45) is 11.7 Å². The second kappa shape index (κ2) is 3.10. The van der Waals surface area contributed by atoms with Crippen LogP contribution in [-0.4, -0.2) is 11.4 Å². The Morgan fingerprint density at radius 2 is 2.29 bits per heavy atom. The van der Waals surface area contributed by atoms with E-state index in [-0.39, 0.29) is 0 Å². The normalized spacial score (nSPS) is 13.6. The van der Waals surface area contributed by atoms with Crippen LogP contribution in [-0.2, 0) is 0 Å². The standard InChI is InChI=1S/C5H11NS/c1-4(3-6)5(2)7/h4H,3,6H2,1-2H3. The van der Waals surface area contributed by atoms with E-state index in [1.807, 2.05) is 13.8 Å². The molecule has 42 valence electrons. The van der Waals surface area contributed by atoms with E-state index in [2.05, 4.69) is 0 Å². The van der Waals surface area contributed by atoms with Crippen molar-refractivity contribution in [1.29, 1.82) is 0 Å². The van der Waals surface area contributed by atoms with Gasteiger partial charge in [-0.2, -0.15) is 0 Å². The molecule has 0 aromatic rings. The largest absolute Gasteiger partial charge is 0.330 e. The molecule has 2 heteroatoms. The fourth-order valence-corrected chi connectivity index (χ4v) is 0.262. The summed E-state index contributed by atoms with van der Waals surface area (Å²) in [7, 11) is 0. The molecule has 0 saturated carbocycles. The highest BCUT2D eigenvalue weighted by Gasteiger charge is 1.97. The molecule has 0 aliphatic heterocycles. The van der Waals surface area contributed by atoms with Crippen LogP contribution in [0, 0.1) is 5.92 Å². The van der Waals surface area contributed by atoms with Gasteiger partial charge >= 0.3 is 0 Å². The van der Waals surface area contributed by atoms with Crippen LogP contribution in [0.1, 0.15) is 13.8 Å². The lowest BCUT2D eigenvalue weighted by atomic mass is 10.1. The van der Waals surface area contributed by atoms with E-state index in [1.165, 1.54) is 0 Å². The fraction of sp³-hybridized carbons (Fsp3) is 0.800. The summed E-state index contributed by atoms with van der Waals surface area (Å²) in [5, 5.41) is 0. The van der Waals surface area contributed by atoms with E-state index in [0.29, 0.717) is 12.5 Å². The minimum atomic E-state index is 0.412. The highest BCUT2D eigenvalue weighted by atomic mass is 32.1. The first-order valence-corrected chi connectivity index (χ1v) is 2.79. The minimum Gasteiger partial charge on any atom is -0.330 e. The zero-order valence-corrected chi connectivity index (χ0v) is 5.59. The molecule has 1 atom stereocenters. The quantitative estimate of drug-likeness (QED) is 0.545. The first-order valence-electron chi connectivity index (χ1n) is 2.39. The molecule has 0 aliphatic carbocycles. The Balaban J connectivity index is 3.34. The summed E-state index contributed by atoms with van der Waals surface area (Å²) < 4.78 is 0. The Hall–Kier alpha value is 0.0500. The van der Waals surface area contributed by atoms with Gasteiger partial charge in [0.15, 0.2) is 0 Å². The monoisotopic (exact) mass is 117 g/mol. The molecule has 7 heavy (non-hydrogen) atoms. The van der Waals surface area contributed by atoms with Crippen molar-refractivity contribution in [3.05, 3.63) is 0 Å². The molecule has 0 aromatic carbocycles. The SMILES string of the molecule is CC(=S)C(C)CN. The lowest BCUT2D eigenvalue weighted by Gasteiger charge is -2.02. The van der Waals surface area contributed by atoms with Crippen LogP contribution in [0.4, 0.5) is 0 Å². The number of hydrogen-bond donors (Lipinski definition) is 1. The van der Waals surface area contributed by atoms with Crippen LogP contribution >= 0.6 is 12.2 Å². The molecule has 0 heterocycles. The van der Waals surface area contributed by atoms with Gasteiger partial charge < -0.3 is 5.73 Å². The zero-order valence-electron chi connectivity index (χ0n) is 4.77. The summed E-state index contributed by atoms with van der Waals surface area (Å²) in [5.41, 5.74) is 5.29. The Morgan fingerprint density at radius 3 is 2.29 bits per heavy atom. The third-order valence-corrected chi connectivity index (χ3v) is 1.45. The molecule has 0 fully saturated rings. The number of rotatable bonds is 2. The van der Waals surface area contributed by atoms with Gasteiger partial charge in [-0.05, 0) is 24.3 Å². The molecule has 1 unspecified atom stereocenters. The average molecular weight is 117 g/mol. The van der Waals surface area contributed by atoms with Crippen LogP contribution in [0.25, 0.3) is 0 Å². The topological polar surface area (TPSA) is 26.0 Å². The summed E-state index contributed by atoms with van der Waals surface area (Å²) in [4.78, 5) is 1.00. The summed E-state index contributed by atoms with van der Waals surface area (Å²) >= 11 is 4.84. The van der Waals surface area contributed by atoms with E-state index < -0.39 is 0 Å². The molecule has 0 amide bonds. The van der Waals surface area contributed by atoms with Crippen molar-refractivity contribution in [2.45, 2.75) is 13.8 Å². The minimum absolute atomic E-state index is 0.412. The van der Waals surface area contributed by atoms with Crippen LogP contribution < -0.4 is 5.73 Å². The molecule has 1 nitrogen and oxygen atoms in total. The predicted molar refractivity (Wildman–Crippen MR) is 36.5 cm³/mol. The van der Waals surface area contributed by atoms with Gasteiger partial charge in [0.2, 0.25) is 0 Å². The van der Waals surface area contributed by atoms with Crippen molar-refractivity contribution < 1.29 is 0 Å². The Labute approximate surface area is 49.9 Å². The predicted octanol–water partition coefficient (Wildman–Crippen LogP) is 0.971. The molecular weight excluding hydrogens is 106 g/mol.